The second kappa shape index (κ2) is 7.55. The molecule has 2 N–H and O–H groups in total. The summed E-state index contributed by atoms with van der Waals surface area (Å²) in [6, 6.07) is 8.59. The molecule has 0 bridgehead atoms. The molecule has 0 spiro atoms. The van der Waals surface area contributed by atoms with Crippen molar-refractivity contribution < 1.29 is 4.74 Å². The van der Waals surface area contributed by atoms with Crippen LogP contribution in [0.15, 0.2) is 24.3 Å². The Bertz CT molecular complexity index is 331. The van der Waals surface area contributed by atoms with E-state index in [9.17, 15) is 0 Å². The molecule has 0 aromatic heterocycles. The predicted molar refractivity (Wildman–Crippen MR) is 77.6 cm³/mol. The highest BCUT2D eigenvalue weighted by atomic mass is 16.5. The van der Waals surface area contributed by atoms with Gasteiger partial charge in [-0.05, 0) is 36.8 Å². The quantitative estimate of drug-likeness (QED) is 0.799. The Morgan fingerprint density at radius 1 is 1.11 bits per heavy atom. The number of rotatable bonds is 7. The molecular formula is C16H27NO. The normalized spacial score (nSPS) is 14.8. The van der Waals surface area contributed by atoms with Crippen molar-refractivity contribution in [3.63, 3.8) is 0 Å². The van der Waals surface area contributed by atoms with E-state index in [4.69, 9.17) is 10.5 Å². The van der Waals surface area contributed by atoms with Crippen molar-refractivity contribution in [3.8, 4) is 0 Å². The van der Waals surface area contributed by atoms with E-state index in [0.29, 0.717) is 12.5 Å². The Hall–Kier alpha value is -0.860. The van der Waals surface area contributed by atoms with Crippen molar-refractivity contribution in [2.24, 2.45) is 11.7 Å². The van der Waals surface area contributed by atoms with Crippen LogP contribution in [0, 0.1) is 5.92 Å². The zero-order valence-electron chi connectivity index (χ0n) is 12.1. The first-order valence-corrected chi connectivity index (χ1v) is 6.99. The van der Waals surface area contributed by atoms with Crippen LogP contribution in [0.5, 0.6) is 0 Å². The third-order valence-electron chi connectivity index (χ3n) is 3.19. The smallest absolute Gasteiger partial charge is 0.0662 e. The molecular weight excluding hydrogens is 222 g/mol. The topological polar surface area (TPSA) is 35.2 Å². The van der Waals surface area contributed by atoms with Gasteiger partial charge < -0.3 is 10.5 Å². The number of hydrogen-bond acceptors (Lipinski definition) is 2. The molecule has 0 saturated heterocycles. The van der Waals surface area contributed by atoms with Crippen molar-refractivity contribution in [2.45, 2.75) is 52.7 Å². The highest BCUT2D eigenvalue weighted by molar-refractivity contribution is 5.25. The Kier molecular flexibility index (Phi) is 6.37. The zero-order valence-corrected chi connectivity index (χ0v) is 12.1. The number of ether oxygens (including phenoxy) is 1. The molecule has 0 aliphatic carbocycles. The maximum atomic E-state index is 6.12. The largest absolute Gasteiger partial charge is 0.377 e. The van der Waals surface area contributed by atoms with Gasteiger partial charge in [0.25, 0.3) is 0 Å². The second-order valence-electron chi connectivity index (χ2n) is 5.50. The summed E-state index contributed by atoms with van der Waals surface area (Å²) in [4.78, 5) is 0. The number of benzene rings is 1. The standard InChI is InChI=1S/C16H27NO/c1-5-13(4)18-11-16(17)15-8-6-14(7-9-15)10-12(2)3/h6-9,12-13,16H,5,10-11,17H2,1-4H3. The Labute approximate surface area is 112 Å². The van der Waals surface area contributed by atoms with Crippen LogP contribution >= 0.6 is 0 Å². The highest BCUT2D eigenvalue weighted by Gasteiger charge is 2.08. The lowest BCUT2D eigenvalue weighted by Gasteiger charge is -2.16. The molecule has 0 amide bonds. The van der Waals surface area contributed by atoms with Gasteiger partial charge in [0.1, 0.15) is 0 Å². The molecule has 102 valence electrons. The van der Waals surface area contributed by atoms with Crippen LogP contribution in [0.3, 0.4) is 0 Å². The molecule has 18 heavy (non-hydrogen) atoms. The fourth-order valence-corrected chi connectivity index (χ4v) is 1.85. The molecule has 2 heteroatoms. The van der Waals surface area contributed by atoms with E-state index in [1.165, 1.54) is 5.56 Å². The fourth-order valence-electron chi connectivity index (χ4n) is 1.85. The highest BCUT2D eigenvalue weighted by Crippen LogP contribution is 2.15. The molecule has 0 fully saturated rings. The molecule has 0 aliphatic heterocycles. The number of hydrogen-bond donors (Lipinski definition) is 1. The molecule has 2 atom stereocenters. The zero-order chi connectivity index (χ0) is 13.5. The molecule has 0 heterocycles. The lowest BCUT2D eigenvalue weighted by Crippen LogP contribution is -2.20. The minimum atomic E-state index is -0.0212. The van der Waals surface area contributed by atoms with Gasteiger partial charge in [-0.15, -0.1) is 0 Å². The first-order chi connectivity index (χ1) is 8.52. The summed E-state index contributed by atoms with van der Waals surface area (Å²) in [5, 5.41) is 0. The van der Waals surface area contributed by atoms with Crippen molar-refractivity contribution in [1.29, 1.82) is 0 Å². The molecule has 1 aromatic rings. The SMILES string of the molecule is CCC(C)OCC(N)c1ccc(CC(C)C)cc1. The van der Waals surface area contributed by atoms with Crippen molar-refractivity contribution in [3.05, 3.63) is 35.4 Å². The minimum Gasteiger partial charge on any atom is -0.377 e. The van der Waals surface area contributed by atoms with Gasteiger partial charge in [0.2, 0.25) is 0 Å². The van der Waals surface area contributed by atoms with E-state index in [2.05, 4.69) is 52.0 Å². The van der Waals surface area contributed by atoms with Crippen LogP contribution in [0.4, 0.5) is 0 Å². The van der Waals surface area contributed by atoms with Gasteiger partial charge in [0.05, 0.1) is 18.8 Å². The maximum Gasteiger partial charge on any atom is 0.0662 e. The van der Waals surface area contributed by atoms with Crippen LogP contribution in [0.1, 0.15) is 51.3 Å². The molecule has 1 rings (SSSR count). The Balaban J connectivity index is 2.50. The summed E-state index contributed by atoms with van der Waals surface area (Å²) in [7, 11) is 0. The van der Waals surface area contributed by atoms with Gasteiger partial charge in [0.15, 0.2) is 0 Å². The van der Waals surface area contributed by atoms with E-state index >= 15 is 0 Å². The molecule has 0 radical (unpaired) electrons. The van der Waals surface area contributed by atoms with Gasteiger partial charge in [-0.1, -0.05) is 45.0 Å². The van der Waals surface area contributed by atoms with E-state index in [-0.39, 0.29) is 12.1 Å². The van der Waals surface area contributed by atoms with E-state index in [1.54, 1.807) is 0 Å². The third kappa shape index (κ3) is 5.19. The minimum absolute atomic E-state index is 0.0212. The van der Waals surface area contributed by atoms with Gasteiger partial charge in [-0.25, -0.2) is 0 Å². The average molecular weight is 249 g/mol. The second-order valence-corrected chi connectivity index (χ2v) is 5.50. The summed E-state index contributed by atoms with van der Waals surface area (Å²) in [6.45, 7) is 9.27. The molecule has 2 nitrogen and oxygen atoms in total. The van der Waals surface area contributed by atoms with Crippen molar-refractivity contribution in [2.75, 3.05) is 6.61 Å². The van der Waals surface area contributed by atoms with Gasteiger partial charge in [-0.2, -0.15) is 0 Å². The van der Waals surface area contributed by atoms with Crippen LogP contribution in [-0.4, -0.2) is 12.7 Å². The van der Waals surface area contributed by atoms with Crippen LogP contribution in [-0.2, 0) is 11.2 Å². The first-order valence-electron chi connectivity index (χ1n) is 6.99. The summed E-state index contributed by atoms with van der Waals surface area (Å²) in [5.41, 5.74) is 8.66. The summed E-state index contributed by atoms with van der Waals surface area (Å²) >= 11 is 0. The molecule has 0 aliphatic rings. The summed E-state index contributed by atoms with van der Waals surface area (Å²) < 4.78 is 5.68. The van der Waals surface area contributed by atoms with E-state index in [1.807, 2.05) is 0 Å². The van der Waals surface area contributed by atoms with E-state index < -0.39 is 0 Å². The van der Waals surface area contributed by atoms with Gasteiger partial charge in [0, 0.05) is 0 Å². The molecule has 1 aromatic carbocycles. The molecule has 0 saturated carbocycles. The van der Waals surface area contributed by atoms with Gasteiger partial charge >= 0.3 is 0 Å². The molecule has 2 unspecified atom stereocenters. The van der Waals surface area contributed by atoms with Gasteiger partial charge in [-0.3, -0.25) is 0 Å². The predicted octanol–water partition coefficient (Wildman–Crippen LogP) is 3.70. The average Bonchev–Trinajstić information content (AvgIpc) is 2.35. The van der Waals surface area contributed by atoms with Crippen molar-refractivity contribution in [1.82, 2.24) is 0 Å². The van der Waals surface area contributed by atoms with Crippen LogP contribution < -0.4 is 5.73 Å². The Morgan fingerprint density at radius 2 is 1.72 bits per heavy atom. The van der Waals surface area contributed by atoms with E-state index in [0.717, 1.165) is 18.4 Å². The summed E-state index contributed by atoms with van der Waals surface area (Å²) in [6.07, 6.45) is 2.44. The van der Waals surface area contributed by atoms with Crippen LogP contribution in [0.25, 0.3) is 0 Å². The monoisotopic (exact) mass is 249 g/mol. The lowest BCUT2D eigenvalue weighted by molar-refractivity contribution is 0.0539. The maximum absolute atomic E-state index is 6.12. The van der Waals surface area contributed by atoms with Crippen LogP contribution in [0.2, 0.25) is 0 Å². The number of nitrogens with two attached hydrogens (primary N) is 1. The third-order valence-corrected chi connectivity index (χ3v) is 3.19. The lowest BCUT2D eigenvalue weighted by atomic mass is 10.00. The first kappa shape index (κ1) is 15.2. The fraction of sp³-hybridized carbons (Fsp3) is 0.625. The van der Waals surface area contributed by atoms with Crippen molar-refractivity contribution >= 4 is 0 Å². The summed E-state index contributed by atoms with van der Waals surface area (Å²) in [5.74, 6) is 0.693. The Morgan fingerprint density at radius 3 is 2.22 bits per heavy atom.